The van der Waals surface area contributed by atoms with Gasteiger partial charge in [-0.15, -0.1) is 0 Å². The smallest absolute Gasteiger partial charge is 0.127 e. The van der Waals surface area contributed by atoms with Gasteiger partial charge in [0.2, 0.25) is 0 Å². The third-order valence-corrected chi connectivity index (χ3v) is 2.75. The maximum Gasteiger partial charge on any atom is 0.127 e. The Labute approximate surface area is 106 Å². The van der Waals surface area contributed by atoms with Crippen molar-refractivity contribution in [3.8, 4) is 17.2 Å². The van der Waals surface area contributed by atoms with Gasteiger partial charge in [-0.2, -0.15) is 0 Å². The van der Waals surface area contributed by atoms with Gasteiger partial charge < -0.3 is 14.8 Å². The van der Waals surface area contributed by atoms with Crippen molar-refractivity contribution in [2.45, 2.75) is 6.04 Å². The summed E-state index contributed by atoms with van der Waals surface area (Å²) in [7, 11) is 0. The van der Waals surface area contributed by atoms with E-state index in [0.717, 1.165) is 30.4 Å². The molecule has 1 aliphatic heterocycles. The molecule has 1 fully saturated rings. The minimum atomic E-state index is 0.533. The minimum absolute atomic E-state index is 0.533. The second-order valence-corrected chi connectivity index (χ2v) is 4.30. The molecule has 0 aliphatic carbocycles. The number of para-hydroxylation sites is 1. The van der Waals surface area contributed by atoms with Crippen molar-refractivity contribution in [3.63, 3.8) is 0 Å². The Hall–Kier alpha value is -2.00. The fraction of sp³-hybridized carbons (Fsp3) is 0.200. The highest BCUT2D eigenvalue weighted by Crippen LogP contribution is 2.23. The van der Waals surface area contributed by atoms with Gasteiger partial charge in [0.1, 0.15) is 23.9 Å². The van der Waals surface area contributed by atoms with Gasteiger partial charge in [0.25, 0.3) is 0 Å². The van der Waals surface area contributed by atoms with Crippen LogP contribution in [0.2, 0.25) is 0 Å². The van der Waals surface area contributed by atoms with Gasteiger partial charge in [0.15, 0.2) is 0 Å². The molecule has 0 spiro atoms. The lowest BCUT2D eigenvalue weighted by Crippen LogP contribution is -2.06. The van der Waals surface area contributed by atoms with E-state index in [1.165, 1.54) is 0 Å². The Morgan fingerprint density at radius 1 is 0.889 bits per heavy atom. The number of hydrogen-bond donors (Lipinski definition) is 1. The van der Waals surface area contributed by atoms with Gasteiger partial charge >= 0.3 is 0 Å². The van der Waals surface area contributed by atoms with Crippen LogP contribution in [0.25, 0.3) is 0 Å². The van der Waals surface area contributed by atoms with Crippen molar-refractivity contribution in [1.82, 2.24) is 5.32 Å². The summed E-state index contributed by atoms with van der Waals surface area (Å²) in [6, 6.07) is 18.0. The molecule has 3 nitrogen and oxygen atoms in total. The van der Waals surface area contributed by atoms with Gasteiger partial charge in [-0.3, -0.25) is 0 Å². The van der Waals surface area contributed by atoms with Crippen molar-refractivity contribution in [3.05, 3.63) is 54.6 Å². The molecule has 2 aromatic rings. The lowest BCUT2D eigenvalue weighted by atomic mass is 10.3. The van der Waals surface area contributed by atoms with Crippen molar-refractivity contribution < 1.29 is 9.47 Å². The third kappa shape index (κ3) is 3.02. The summed E-state index contributed by atoms with van der Waals surface area (Å²) >= 11 is 0. The average molecular weight is 241 g/mol. The summed E-state index contributed by atoms with van der Waals surface area (Å²) in [5, 5.41) is 3.20. The standard InChI is InChI=1S/C15H15NO2/c1-2-4-14(5-3-1)18-15-8-6-13(7-9-15)17-11-12-10-16-12/h1-9,12,16H,10-11H2/t12-/m0/s1. The minimum Gasteiger partial charge on any atom is -0.492 e. The van der Waals surface area contributed by atoms with Crippen molar-refractivity contribution in [2.75, 3.05) is 13.2 Å². The van der Waals surface area contributed by atoms with Crippen molar-refractivity contribution in [1.29, 1.82) is 0 Å². The van der Waals surface area contributed by atoms with Gasteiger partial charge in [0.05, 0.1) is 6.04 Å². The SMILES string of the molecule is c1ccc(Oc2ccc(OC[C@@H]3CN3)cc2)cc1. The fourth-order valence-corrected chi connectivity index (χ4v) is 1.63. The van der Waals surface area contributed by atoms with E-state index in [9.17, 15) is 0 Å². The van der Waals surface area contributed by atoms with Crippen LogP contribution in [0.3, 0.4) is 0 Å². The maximum absolute atomic E-state index is 5.70. The molecular formula is C15H15NO2. The van der Waals surface area contributed by atoms with Crippen LogP contribution in [-0.4, -0.2) is 19.2 Å². The zero-order valence-electron chi connectivity index (χ0n) is 10.0. The first-order valence-corrected chi connectivity index (χ1v) is 6.09. The topological polar surface area (TPSA) is 40.4 Å². The third-order valence-electron chi connectivity index (χ3n) is 2.75. The maximum atomic E-state index is 5.70. The van der Waals surface area contributed by atoms with Crippen molar-refractivity contribution in [2.24, 2.45) is 0 Å². The average Bonchev–Trinajstić information content (AvgIpc) is 3.23. The van der Waals surface area contributed by atoms with Crippen LogP contribution < -0.4 is 14.8 Å². The van der Waals surface area contributed by atoms with E-state index in [-0.39, 0.29) is 0 Å². The van der Waals surface area contributed by atoms with E-state index < -0.39 is 0 Å². The summed E-state index contributed by atoms with van der Waals surface area (Å²) in [5.74, 6) is 2.54. The van der Waals surface area contributed by atoms with Crippen molar-refractivity contribution >= 4 is 0 Å². The van der Waals surface area contributed by atoms with Crippen LogP contribution in [0.15, 0.2) is 54.6 Å². The Bertz CT molecular complexity index is 492. The summed E-state index contributed by atoms with van der Waals surface area (Å²) in [4.78, 5) is 0. The van der Waals surface area contributed by atoms with Crippen LogP contribution >= 0.6 is 0 Å². The van der Waals surface area contributed by atoms with E-state index >= 15 is 0 Å². The molecule has 1 N–H and O–H groups in total. The highest BCUT2D eigenvalue weighted by atomic mass is 16.5. The lowest BCUT2D eigenvalue weighted by molar-refractivity contribution is 0.319. The largest absolute Gasteiger partial charge is 0.492 e. The molecule has 18 heavy (non-hydrogen) atoms. The molecule has 3 heteroatoms. The summed E-state index contributed by atoms with van der Waals surface area (Å²) in [6.45, 7) is 1.80. The molecular weight excluding hydrogens is 226 g/mol. The molecule has 1 heterocycles. The fourth-order valence-electron chi connectivity index (χ4n) is 1.63. The molecule has 1 saturated heterocycles. The number of rotatable bonds is 5. The monoisotopic (exact) mass is 241 g/mol. The molecule has 0 amide bonds. The number of hydrogen-bond acceptors (Lipinski definition) is 3. The quantitative estimate of drug-likeness (QED) is 0.818. The molecule has 92 valence electrons. The van der Waals surface area contributed by atoms with E-state index in [0.29, 0.717) is 6.04 Å². The van der Waals surface area contributed by atoms with E-state index in [2.05, 4.69) is 5.32 Å². The second kappa shape index (κ2) is 5.10. The zero-order chi connectivity index (χ0) is 12.2. The molecule has 0 unspecified atom stereocenters. The summed E-state index contributed by atoms with van der Waals surface area (Å²) in [6.07, 6.45) is 0. The Morgan fingerprint density at radius 2 is 1.50 bits per heavy atom. The molecule has 1 aliphatic rings. The Morgan fingerprint density at radius 3 is 2.17 bits per heavy atom. The Kier molecular flexibility index (Phi) is 3.15. The number of nitrogens with one attached hydrogen (secondary N) is 1. The molecule has 0 bridgehead atoms. The van der Waals surface area contributed by atoms with Crippen LogP contribution in [0.4, 0.5) is 0 Å². The van der Waals surface area contributed by atoms with E-state index in [1.54, 1.807) is 0 Å². The zero-order valence-corrected chi connectivity index (χ0v) is 10.0. The first-order chi connectivity index (χ1) is 8.90. The van der Waals surface area contributed by atoms with E-state index in [1.807, 2.05) is 54.6 Å². The van der Waals surface area contributed by atoms with Gasteiger partial charge in [0, 0.05) is 6.54 Å². The Balaban J connectivity index is 1.59. The lowest BCUT2D eigenvalue weighted by Gasteiger charge is -2.07. The number of benzene rings is 2. The molecule has 3 rings (SSSR count). The van der Waals surface area contributed by atoms with Crippen LogP contribution in [0.5, 0.6) is 17.2 Å². The first kappa shape index (κ1) is 11.1. The first-order valence-electron chi connectivity index (χ1n) is 6.09. The van der Waals surface area contributed by atoms with Crippen LogP contribution in [0.1, 0.15) is 0 Å². The molecule has 0 radical (unpaired) electrons. The predicted molar refractivity (Wildman–Crippen MR) is 70.2 cm³/mol. The summed E-state index contributed by atoms with van der Waals surface area (Å²) in [5.41, 5.74) is 0. The predicted octanol–water partition coefficient (Wildman–Crippen LogP) is 2.83. The molecule has 0 aromatic heterocycles. The second-order valence-electron chi connectivity index (χ2n) is 4.30. The highest BCUT2D eigenvalue weighted by Gasteiger charge is 2.20. The van der Waals surface area contributed by atoms with Crippen LogP contribution in [-0.2, 0) is 0 Å². The molecule has 2 aromatic carbocycles. The number of ether oxygens (including phenoxy) is 2. The highest BCUT2D eigenvalue weighted by molar-refractivity contribution is 5.35. The van der Waals surface area contributed by atoms with E-state index in [4.69, 9.17) is 9.47 Å². The molecule has 0 saturated carbocycles. The summed E-state index contributed by atoms with van der Waals surface area (Å²) < 4.78 is 11.3. The van der Waals surface area contributed by atoms with Gasteiger partial charge in [-0.1, -0.05) is 18.2 Å². The molecule has 1 atom stereocenters. The van der Waals surface area contributed by atoms with Gasteiger partial charge in [-0.25, -0.2) is 0 Å². The van der Waals surface area contributed by atoms with Crippen LogP contribution in [0, 0.1) is 0 Å². The normalized spacial score (nSPS) is 17.2. The van der Waals surface area contributed by atoms with Gasteiger partial charge in [-0.05, 0) is 36.4 Å².